The van der Waals surface area contributed by atoms with Gasteiger partial charge in [0.1, 0.15) is 17.0 Å². The zero-order chi connectivity index (χ0) is 25.4. The molecule has 0 radical (unpaired) electrons. The second-order valence-electron chi connectivity index (χ2n) is 9.02. The third kappa shape index (κ3) is 4.50. The fourth-order valence-electron chi connectivity index (χ4n) is 4.29. The van der Waals surface area contributed by atoms with Crippen LogP contribution >= 0.6 is 0 Å². The average Bonchev–Trinajstić information content (AvgIpc) is 3.52. The van der Waals surface area contributed by atoms with Gasteiger partial charge >= 0.3 is 0 Å². The molecule has 0 atom stereocenters. The minimum atomic E-state index is -0.339. The number of anilines is 1. The Morgan fingerprint density at radius 3 is 2.62 bits per heavy atom. The summed E-state index contributed by atoms with van der Waals surface area (Å²) < 4.78 is 14.5. The molecule has 37 heavy (non-hydrogen) atoms. The van der Waals surface area contributed by atoms with E-state index in [0.717, 1.165) is 34.2 Å². The van der Waals surface area contributed by atoms with E-state index >= 15 is 0 Å². The number of H-pyrrole nitrogens is 2. The first-order valence-corrected chi connectivity index (χ1v) is 11.8. The Kier molecular flexibility index (Phi) is 5.78. The number of benzene rings is 1. The number of aromatic amines is 2. The third-order valence-corrected chi connectivity index (χ3v) is 6.11. The molecular weight excluding hydrogens is 469 g/mol. The van der Waals surface area contributed by atoms with E-state index in [1.54, 1.807) is 24.8 Å². The van der Waals surface area contributed by atoms with Crippen LogP contribution in [0.25, 0.3) is 56.0 Å². The molecule has 5 heterocycles. The Labute approximate surface area is 211 Å². The summed E-state index contributed by atoms with van der Waals surface area (Å²) in [5, 5.41) is 11.7. The van der Waals surface area contributed by atoms with Crippen molar-refractivity contribution in [1.29, 1.82) is 0 Å². The van der Waals surface area contributed by atoms with E-state index in [0.29, 0.717) is 40.5 Å². The predicted molar refractivity (Wildman–Crippen MR) is 142 cm³/mol. The molecule has 1 aromatic carbocycles. The summed E-state index contributed by atoms with van der Waals surface area (Å²) in [5.74, 6) is 0.247. The highest BCUT2D eigenvalue weighted by Gasteiger charge is 2.17. The van der Waals surface area contributed by atoms with Crippen LogP contribution in [0.2, 0.25) is 0 Å². The van der Waals surface area contributed by atoms with Crippen molar-refractivity contribution in [2.24, 2.45) is 0 Å². The van der Waals surface area contributed by atoms with Crippen LogP contribution in [0, 0.1) is 5.82 Å². The van der Waals surface area contributed by atoms with Crippen molar-refractivity contribution in [2.75, 3.05) is 32.5 Å². The number of hydrogen-bond acceptors (Lipinski definition) is 7. The molecular formula is C27H24FN9. The third-order valence-electron chi connectivity index (χ3n) is 6.11. The minimum absolute atomic E-state index is 0.339. The summed E-state index contributed by atoms with van der Waals surface area (Å²) in [7, 11) is 4.00. The highest BCUT2D eigenvalue weighted by atomic mass is 19.1. The van der Waals surface area contributed by atoms with Crippen LogP contribution in [0.4, 0.5) is 10.1 Å². The number of halogens is 1. The SMILES string of the molecule is CN(C)CCNc1cc(F)cc(-c2nccc3[nH]c(-c4n[nH]c5cnc(-c6ccncc6)cc45)nc23)c1. The number of nitrogens with one attached hydrogen (secondary N) is 3. The fraction of sp³-hybridized carbons (Fsp3) is 0.148. The molecule has 0 saturated carbocycles. The van der Waals surface area contributed by atoms with E-state index in [-0.39, 0.29) is 5.82 Å². The zero-order valence-corrected chi connectivity index (χ0v) is 20.3. The molecule has 3 N–H and O–H groups in total. The first-order valence-electron chi connectivity index (χ1n) is 11.8. The molecule has 5 aromatic heterocycles. The fourth-order valence-corrected chi connectivity index (χ4v) is 4.29. The molecule has 9 nitrogen and oxygen atoms in total. The maximum atomic E-state index is 14.5. The van der Waals surface area contributed by atoms with Gasteiger partial charge in [-0.1, -0.05) is 0 Å². The van der Waals surface area contributed by atoms with Gasteiger partial charge in [-0.05, 0) is 56.6 Å². The molecule has 0 spiro atoms. The van der Waals surface area contributed by atoms with Crippen molar-refractivity contribution in [1.82, 2.24) is 40.0 Å². The average molecular weight is 494 g/mol. The van der Waals surface area contributed by atoms with Gasteiger partial charge in [0.05, 0.1) is 28.6 Å². The van der Waals surface area contributed by atoms with Crippen LogP contribution in [0.15, 0.2) is 67.3 Å². The van der Waals surface area contributed by atoms with Crippen LogP contribution < -0.4 is 5.32 Å². The number of pyridine rings is 3. The molecule has 0 amide bonds. The molecule has 0 bridgehead atoms. The summed E-state index contributed by atoms with van der Waals surface area (Å²) in [6, 6.07) is 12.5. The standard InChI is InChI=1S/C27H24FN9/c1-37(2)10-9-30-19-12-17(11-18(28)13-19)24-26-21(5-8-31-24)33-27(34-26)25-20-14-22(16-3-6-29-7-4-16)32-15-23(20)35-36-25/h3-8,11-15,30H,9-10H2,1-2H3,(H,33,34)(H,35,36). The van der Waals surface area contributed by atoms with E-state index in [4.69, 9.17) is 4.98 Å². The Bertz CT molecular complexity index is 1710. The Balaban J connectivity index is 1.41. The van der Waals surface area contributed by atoms with Crippen LogP contribution in [0.3, 0.4) is 0 Å². The first kappa shape index (κ1) is 22.7. The Hall–Kier alpha value is -4.70. The van der Waals surface area contributed by atoms with Crippen LogP contribution in [0.1, 0.15) is 0 Å². The van der Waals surface area contributed by atoms with E-state index in [9.17, 15) is 4.39 Å². The number of imidazole rings is 1. The summed E-state index contributed by atoms with van der Waals surface area (Å²) in [6.45, 7) is 1.53. The molecule has 0 aliphatic carbocycles. The van der Waals surface area contributed by atoms with Gasteiger partial charge in [0.2, 0.25) is 0 Å². The van der Waals surface area contributed by atoms with E-state index in [1.165, 1.54) is 12.1 Å². The maximum absolute atomic E-state index is 14.5. The molecule has 184 valence electrons. The van der Waals surface area contributed by atoms with Crippen LogP contribution in [-0.2, 0) is 0 Å². The first-order chi connectivity index (χ1) is 18.0. The van der Waals surface area contributed by atoms with Crippen LogP contribution in [0.5, 0.6) is 0 Å². The monoisotopic (exact) mass is 493 g/mol. The summed E-state index contributed by atoms with van der Waals surface area (Å²) >= 11 is 0. The summed E-state index contributed by atoms with van der Waals surface area (Å²) in [5.41, 5.74) is 6.59. The number of rotatable bonds is 7. The van der Waals surface area contributed by atoms with Gasteiger partial charge in [-0.3, -0.25) is 20.1 Å². The second-order valence-corrected chi connectivity index (χ2v) is 9.02. The number of fused-ring (bicyclic) bond motifs is 2. The molecule has 0 aliphatic heterocycles. The van der Waals surface area contributed by atoms with Gasteiger partial charge < -0.3 is 15.2 Å². The number of likely N-dealkylation sites (N-methyl/N-ethyl adjacent to an activating group) is 1. The lowest BCUT2D eigenvalue weighted by Gasteiger charge is -2.12. The van der Waals surface area contributed by atoms with Crippen molar-refractivity contribution in [3.63, 3.8) is 0 Å². The van der Waals surface area contributed by atoms with Gasteiger partial charge in [-0.15, -0.1) is 0 Å². The largest absolute Gasteiger partial charge is 0.384 e. The van der Waals surface area contributed by atoms with Crippen molar-refractivity contribution in [3.05, 3.63) is 73.1 Å². The highest BCUT2D eigenvalue weighted by molar-refractivity contribution is 5.97. The predicted octanol–water partition coefficient (Wildman–Crippen LogP) is 4.74. The molecule has 6 rings (SSSR count). The van der Waals surface area contributed by atoms with Crippen molar-refractivity contribution in [2.45, 2.75) is 0 Å². The van der Waals surface area contributed by atoms with Gasteiger partial charge in [-0.25, -0.2) is 9.37 Å². The van der Waals surface area contributed by atoms with Gasteiger partial charge in [0.15, 0.2) is 5.82 Å². The minimum Gasteiger partial charge on any atom is -0.384 e. The Morgan fingerprint density at radius 2 is 1.78 bits per heavy atom. The molecule has 0 unspecified atom stereocenters. The molecule has 0 aliphatic rings. The number of nitrogens with zero attached hydrogens (tertiary/aromatic N) is 6. The molecule has 0 fully saturated rings. The van der Waals surface area contributed by atoms with E-state index in [2.05, 4.69) is 40.3 Å². The molecule has 10 heteroatoms. The van der Waals surface area contributed by atoms with Crippen LogP contribution in [-0.4, -0.2) is 67.2 Å². The lowest BCUT2D eigenvalue weighted by Crippen LogP contribution is -2.20. The summed E-state index contributed by atoms with van der Waals surface area (Å²) in [6.07, 6.45) is 6.92. The second kappa shape index (κ2) is 9.40. The maximum Gasteiger partial charge on any atom is 0.159 e. The molecule has 6 aromatic rings. The van der Waals surface area contributed by atoms with Gasteiger partial charge in [-0.2, -0.15) is 5.10 Å². The zero-order valence-electron chi connectivity index (χ0n) is 20.3. The lowest BCUT2D eigenvalue weighted by atomic mass is 10.1. The molecule has 0 saturated heterocycles. The van der Waals surface area contributed by atoms with E-state index < -0.39 is 0 Å². The lowest BCUT2D eigenvalue weighted by molar-refractivity contribution is 0.425. The van der Waals surface area contributed by atoms with Gasteiger partial charge in [0, 0.05) is 53.9 Å². The highest BCUT2D eigenvalue weighted by Crippen LogP contribution is 2.32. The van der Waals surface area contributed by atoms with E-state index in [1.807, 2.05) is 44.4 Å². The topological polar surface area (TPSA) is 111 Å². The van der Waals surface area contributed by atoms with Crippen molar-refractivity contribution in [3.8, 4) is 34.0 Å². The quantitative estimate of drug-likeness (QED) is 0.295. The smallest absolute Gasteiger partial charge is 0.159 e. The Morgan fingerprint density at radius 1 is 0.919 bits per heavy atom. The van der Waals surface area contributed by atoms with Gasteiger partial charge in [0.25, 0.3) is 0 Å². The van der Waals surface area contributed by atoms with Crippen molar-refractivity contribution >= 4 is 27.6 Å². The number of hydrogen-bond donors (Lipinski definition) is 3. The normalized spacial score (nSPS) is 11.6. The summed E-state index contributed by atoms with van der Waals surface area (Å²) in [4.78, 5) is 23.4. The van der Waals surface area contributed by atoms with Crippen molar-refractivity contribution < 1.29 is 4.39 Å². The number of aromatic nitrogens is 7.